The van der Waals surface area contributed by atoms with Crippen LogP contribution in [-0.2, 0) is 27.7 Å². The summed E-state index contributed by atoms with van der Waals surface area (Å²) >= 11 is 0. The summed E-state index contributed by atoms with van der Waals surface area (Å²) in [6.45, 7) is 4.67. The predicted molar refractivity (Wildman–Crippen MR) is 147 cm³/mol. The minimum absolute atomic E-state index is 0.0742. The summed E-state index contributed by atoms with van der Waals surface area (Å²) in [4.78, 5) is 11.6. The number of sulfone groups is 1. The van der Waals surface area contributed by atoms with Crippen LogP contribution in [0.5, 0.6) is 0 Å². The number of pyridine rings is 1. The van der Waals surface area contributed by atoms with Crippen LogP contribution in [0.4, 0.5) is 4.39 Å². The molecule has 0 aliphatic carbocycles. The first-order valence-electron chi connectivity index (χ1n) is 12.7. The highest BCUT2D eigenvalue weighted by Gasteiger charge is 2.22. The van der Waals surface area contributed by atoms with Crippen molar-refractivity contribution in [1.82, 2.24) is 19.4 Å². The third kappa shape index (κ3) is 6.35. The lowest BCUT2D eigenvalue weighted by atomic mass is 10.1. The lowest BCUT2D eigenvalue weighted by Gasteiger charge is -2.26. The molecule has 3 heterocycles. The average molecular weight is 535 g/mol. The molecule has 0 N–H and O–H groups in total. The molecule has 0 bridgehead atoms. The van der Waals surface area contributed by atoms with E-state index in [0.717, 1.165) is 61.1 Å². The van der Waals surface area contributed by atoms with Crippen molar-refractivity contribution >= 4 is 9.84 Å². The molecule has 1 aliphatic heterocycles. The molecule has 2 aromatic carbocycles. The number of aromatic nitrogens is 3. The van der Waals surface area contributed by atoms with Crippen molar-refractivity contribution in [2.24, 2.45) is 0 Å². The molecular formula is C29H31FN4O3S. The van der Waals surface area contributed by atoms with Crippen molar-refractivity contribution < 1.29 is 17.5 Å². The fraction of sp³-hybridized carbons (Fsp3) is 0.310. The number of hydrogen-bond donors (Lipinski definition) is 0. The third-order valence-corrected chi connectivity index (χ3v) is 7.69. The Labute approximate surface area is 222 Å². The first kappa shape index (κ1) is 26.2. The second kappa shape index (κ2) is 11.6. The van der Waals surface area contributed by atoms with E-state index in [1.165, 1.54) is 24.0 Å². The molecule has 198 valence electrons. The number of morpholine rings is 1. The first-order chi connectivity index (χ1) is 18.4. The Bertz CT molecular complexity index is 1470. The Morgan fingerprint density at radius 3 is 2.21 bits per heavy atom. The van der Waals surface area contributed by atoms with Gasteiger partial charge in [0.2, 0.25) is 0 Å². The SMILES string of the molecule is CS(=O)(=O)CCCn1c(-c2ccc(CN3CCOCC3)cc2)nc(-c2ccc(F)cc2)c1-c1ccncc1. The second-order valence-corrected chi connectivity index (χ2v) is 11.9. The van der Waals surface area contributed by atoms with E-state index in [-0.39, 0.29) is 11.6 Å². The zero-order valence-corrected chi connectivity index (χ0v) is 22.2. The number of hydrogen-bond acceptors (Lipinski definition) is 6. The monoisotopic (exact) mass is 534 g/mol. The Balaban J connectivity index is 1.58. The number of halogens is 1. The van der Waals surface area contributed by atoms with E-state index in [9.17, 15) is 12.8 Å². The quantitative estimate of drug-likeness (QED) is 0.310. The lowest BCUT2D eigenvalue weighted by Crippen LogP contribution is -2.35. The van der Waals surface area contributed by atoms with E-state index in [1.807, 2.05) is 12.1 Å². The molecule has 0 amide bonds. The number of nitrogens with zero attached hydrogens (tertiary/aromatic N) is 4. The van der Waals surface area contributed by atoms with Gasteiger partial charge in [-0.05, 0) is 48.4 Å². The largest absolute Gasteiger partial charge is 0.379 e. The van der Waals surface area contributed by atoms with Gasteiger partial charge in [0.1, 0.15) is 21.5 Å². The summed E-state index contributed by atoms with van der Waals surface area (Å²) in [5.41, 5.74) is 5.38. The Kier molecular flexibility index (Phi) is 7.97. The molecule has 0 atom stereocenters. The Morgan fingerprint density at radius 1 is 0.895 bits per heavy atom. The van der Waals surface area contributed by atoms with Crippen molar-refractivity contribution in [3.05, 3.63) is 84.4 Å². The highest BCUT2D eigenvalue weighted by Crippen LogP contribution is 2.36. The minimum atomic E-state index is -3.12. The van der Waals surface area contributed by atoms with E-state index in [4.69, 9.17) is 9.72 Å². The normalized spacial score (nSPS) is 14.6. The number of ether oxygens (including phenoxy) is 1. The zero-order chi connectivity index (χ0) is 26.5. The van der Waals surface area contributed by atoms with E-state index < -0.39 is 9.84 Å². The van der Waals surface area contributed by atoms with Crippen molar-refractivity contribution in [3.63, 3.8) is 0 Å². The van der Waals surface area contributed by atoms with Gasteiger partial charge in [-0.3, -0.25) is 9.88 Å². The van der Waals surface area contributed by atoms with Crippen molar-refractivity contribution in [1.29, 1.82) is 0 Å². The van der Waals surface area contributed by atoms with Gasteiger partial charge in [-0.2, -0.15) is 0 Å². The molecule has 2 aromatic heterocycles. The molecule has 1 saturated heterocycles. The van der Waals surface area contributed by atoms with Crippen LogP contribution in [0, 0.1) is 5.82 Å². The molecule has 0 spiro atoms. The number of benzene rings is 2. The zero-order valence-electron chi connectivity index (χ0n) is 21.4. The van der Waals surface area contributed by atoms with Gasteiger partial charge in [0.25, 0.3) is 0 Å². The Morgan fingerprint density at radius 2 is 1.55 bits per heavy atom. The maximum absolute atomic E-state index is 13.8. The number of rotatable bonds is 9. The third-order valence-electron chi connectivity index (χ3n) is 6.66. The van der Waals surface area contributed by atoms with Crippen LogP contribution in [0.1, 0.15) is 12.0 Å². The summed E-state index contributed by atoms with van der Waals surface area (Å²) in [5, 5.41) is 0. The highest BCUT2D eigenvalue weighted by molar-refractivity contribution is 7.90. The molecule has 0 unspecified atom stereocenters. The van der Waals surface area contributed by atoms with Crippen molar-refractivity contribution in [2.75, 3.05) is 38.3 Å². The van der Waals surface area contributed by atoms with E-state index >= 15 is 0 Å². The van der Waals surface area contributed by atoms with Gasteiger partial charge in [0, 0.05) is 61.5 Å². The van der Waals surface area contributed by atoms with Gasteiger partial charge in [-0.25, -0.2) is 17.8 Å². The number of imidazole rings is 1. The van der Waals surface area contributed by atoms with Crippen LogP contribution in [0.15, 0.2) is 73.1 Å². The maximum atomic E-state index is 13.8. The van der Waals surface area contributed by atoms with E-state index in [0.29, 0.717) is 18.7 Å². The molecule has 5 rings (SSSR count). The Hall–Kier alpha value is -3.40. The van der Waals surface area contributed by atoms with Gasteiger partial charge < -0.3 is 9.30 Å². The minimum Gasteiger partial charge on any atom is -0.379 e. The fourth-order valence-corrected chi connectivity index (χ4v) is 5.42. The van der Waals surface area contributed by atoms with E-state index in [1.54, 1.807) is 24.5 Å². The topological polar surface area (TPSA) is 77.3 Å². The molecular weight excluding hydrogens is 503 g/mol. The maximum Gasteiger partial charge on any atom is 0.147 e. The molecule has 1 fully saturated rings. The molecule has 7 nitrogen and oxygen atoms in total. The van der Waals surface area contributed by atoms with Gasteiger partial charge in [0.05, 0.1) is 30.4 Å². The lowest BCUT2D eigenvalue weighted by molar-refractivity contribution is 0.0342. The summed E-state index contributed by atoms with van der Waals surface area (Å²) in [5.74, 6) is 0.496. The highest BCUT2D eigenvalue weighted by atomic mass is 32.2. The van der Waals surface area contributed by atoms with Gasteiger partial charge in [-0.15, -0.1) is 0 Å². The van der Waals surface area contributed by atoms with Crippen LogP contribution in [0.2, 0.25) is 0 Å². The first-order valence-corrected chi connectivity index (χ1v) is 14.8. The molecule has 0 radical (unpaired) electrons. The second-order valence-electron chi connectivity index (χ2n) is 9.60. The summed E-state index contributed by atoms with van der Waals surface area (Å²) < 4.78 is 45.1. The standard InChI is InChI=1S/C29H31FN4O3S/c1-38(35,36)20-2-15-34-28(24-11-13-31-14-12-24)27(23-7-9-26(30)10-8-23)32-29(34)25-5-3-22(4-6-25)21-33-16-18-37-19-17-33/h3-14H,2,15-21H2,1H3. The van der Waals surface area contributed by atoms with Crippen molar-refractivity contribution in [3.8, 4) is 33.9 Å². The molecule has 9 heteroatoms. The molecule has 1 aliphatic rings. The van der Waals surface area contributed by atoms with Gasteiger partial charge >= 0.3 is 0 Å². The molecule has 38 heavy (non-hydrogen) atoms. The van der Waals surface area contributed by atoms with Gasteiger partial charge in [0.15, 0.2) is 0 Å². The summed E-state index contributed by atoms with van der Waals surface area (Å²) in [7, 11) is -3.12. The average Bonchev–Trinajstić information content (AvgIpc) is 3.29. The smallest absolute Gasteiger partial charge is 0.147 e. The van der Waals surface area contributed by atoms with E-state index in [2.05, 4.69) is 38.7 Å². The molecule has 4 aromatic rings. The summed E-state index contributed by atoms with van der Waals surface area (Å²) in [6, 6.07) is 18.5. The van der Waals surface area contributed by atoms with Crippen LogP contribution in [0.25, 0.3) is 33.9 Å². The fourth-order valence-electron chi connectivity index (χ4n) is 4.76. The summed E-state index contributed by atoms with van der Waals surface area (Å²) in [6.07, 6.45) is 5.14. The van der Waals surface area contributed by atoms with Crippen LogP contribution in [-0.4, -0.2) is 66.2 Å². The van der Waals surface area contributed by atoms with Gasteiger partial charge in [-0.1, -0.05) is 24.3 Å². The van der Waals surface area contributed by atoms with Crippen LogP contribution < -0.4 is 0 Å². The van der Waals surface area contributed by atoms with Crippen molar-refractivity contribution in [2.45, 2.75) is 19.5 Å². The van der Waals surface area contributed by atoms with Crippen LogP contribution >= 0.6 is 0 Å². The molecule has 0 saturated carbocycles. The predicted octanol–water partition coefficient (Wildman–Crippen LogP) is 4.69. The van der Waals surface area contributed by atoms with Crippen LogP contribution in [0.3, 0.4) is 0 Å².